The Labute approximate surface area is 119 Å². The molecule has 2 aromatic rings. The summed E-state index contributed by atoms with van der Waals surface area (Å²) in [6.07, 6.45) is 2.05. The van der Waals surface area contributed by atoms with Gasteiger partial charge in [0.05, 0.1) is 18.4 Å². The van der Waals surface area contributed by atoms with Gasteiger partial charge < -0.3 is 14.6 Å². The number of rotatable bonds is 5. The van der Waals surface area contributed by atoms with Crippen molar-refractivity contribution in [2.24, 2.45) is 7.05 Å². The maximum absolute atomic E-state index is 13.8. The quantitative estimate of drug-likeness (QED) is 0.848. The number of methoxy groups -OCH3 is 1. The Morgan fingerprint density at radius 3 is 2.76 bits per heavy atom. The van der Waals surface area contributed by atoms with Gasteiger partial charge in [0.2, 0.25) is 0 Å². The SMILES string of the molecule is COC(=O)c1ccc(NCCc2nncn2C)c(F)c1F. The number of hydrogen-bond acceptors (Lipinski definition) is 5. The van der Waals surface area contributed by atoms with E-state index in [-0.39, 0.29) is 5.69 Å². The maximum atomic E-state index is 13.8. The molecule has 6 nitrogen and oxygen atoms in total. The van der Waals surface area contributed by atoms with E-state index in [1.54, 1.807) is 17.9 Å². The highest BCUT2D eigenvalue weighted by Crippen LogP contribution is 2.21. The molecule has 0 radical (unpaired) electrons. The molecular formula is C13H14F2N4O2. The Hall–Kier alpha value is -2.51. The van der Waals surface area contributed by atoms with E-state index in [4.69, 9.17) is 0 Å². The van der Waals surface area contributed by atoms with Crippen LogP contribution < -0.4 is 5.32 Å². The van der Waals surface area contributed by atoms with Crippen molar-refractivity contribution in [2.45, 2.75) is 6.42 Å². The molecule has 0 saturated carbocycles. The van der Waals surface area contributed by atoms with E-state index in [1.807, 2.05) is 0 Å². The Balaban J connectivity index is 2.06. The van der Waals surface area contributed by atoms with Gasteiger partial charge in [-0.05, 0) is 12.1 Å². The van der Waals surface area contributed by atoms with Crippen molar-refractivity contribution in [3.63, 3.8) is 0 Å². The summed E-state index contributed by atoms with van der Waals surface area (Å²) < 4.78 is 33.7. The zero-order chi connectivity index (χ0) is 15.4. The topological polar surface area (TPSA) is 69.0 Å². The lowest BCUT2D eigenvalue weighted by molar-refractivity contribution is 0.0594. The Morgan fingerprint density at radius 2 is 2.14 bits per heavy atom. The summed E-state index contributed by atoms with van der Waals surface area (Å²) in [5.41, 5.74) is -0.462. The molecule has 0 atom stereocenters. The van der Waals surface area contributed by atoms with Crippen molar-refractivity contribution in [3.05, 3.63) is 41.5 Å². The molecule has 0 spiro atoms. The number of carbonyl (C=O) groups is 1. The van der Waals surface area contributed by atoms with Gasteiger partial charge in [-0.15, -0.1) is 10.2 Å². The van der Waals surface area contributed by atoms with Gasteiger partial charge in [0, 0.05) is 20.0 Å². The molecule has 0 aliphatic heterocycles. The molecule has 0 aliphatic carbocycles. The minimum Gasteiger partial charge on any atom is -0.465 e. The van der Waals surface area contributed by atoms with Crippen LogP contribution in [-0.2, 0) is 18.2 Å². The summed E-state index contributed by atoms with van der Waals surface area (Å²) in [5.74, 6) is -2.55. The number of anilines is 1. The fourth-order valence-corrected chi connectivity index (χ4v) is 1.80. The molecule has 0 saturated heterocycles. The van der Waals surface area contributed by atoms with Crippen LogP contribution in [0.4, 0.5) is 14.5 Å². The molecule has 112 valence electrons. The van der Waals surface area contributed by atoms with E-state index in [9.17, 15) is 13.6 Å². The molecule has 0 amide bonds. The number of hydrogen-bond donors (Lipinski definition) is 1. The van der Waals surface area contributed by atoms with Crippen molar-refractivity contribution >= 4 is 11.7 Å². The van der Waals surface area contributed by atoms with Crippen LogP contribution >= 0.6 is 0 Å². The third kappa shape index (κ3) is 3.15. The summed E-state index contributed by atoms with van der Waals surface area (Å²) in [4.78, 5) is 11.2. The van der Waals surface area contributed by atoms with Crippen LogP contribution in [-0.4, -0.2) is 34.4 Å². The van der Waals surface area contributed by atoms with Crippen LogP contribution in [0.15, 0.2) is 18.5 Å². The van der Waals surface area contributed by atoms with Gasteiger partial charge in [0.15, 0.2) is 11.6 Å². The second-order valence-electron chi connectivity index (χ2n) is 4.32. The minimum atomic E-state index is -1.23. The van der Waals surface area contributed by atoms with Crippen LogP contribution in [0.2, 0.25) is 0 Å². The predicted octanol–water partition coefficient (Wildman–Crippen LogP) is 1.53. The fraction of sp³-hybridized carbons (Fsp3) is 0.308. The second kappa shape index (κ2) is 6.29. The van der Waals surface area contributed by atoms with E-state index in [0.29, 0.717) is 13.0 Å². The number of nitrogens with one attached hydrogen (secondary N) is 1. The highest BCUT2D eigenvalue weighted by atomic mass is 19.2. The molecule has 21 heavy (non-hydrogen) atoms. The molecule has 1 heterocycles. The van der Waals surface area contributed by atoms with E-state index in [1.165, 1.54) is 12.1 Å². The first-order chi connectivity index (χ1) is 10.0. The number of aryl methyl sites for hydroxylation is 1. The van der Waals surface area contributed by atoms with Gasteiger partial charge in [0.25, 0.3) is 0 Å². The molecule has 1 N–H and O–H groups in total. The number of aromatic nitrogens is 3. The van der Waals surface area contributed by atoms with Gasteiger partial charge in [-0.2, -0.15) is 0 Å². The number of halogens is 2. The molecule has 0 bridgehead atoms. The Kier molecular flexibility index (Phi) is 4.46. The molecule has 8 heteroatoms. The number of esters is 1. The lowest BCUT2D eigenvalue weighted by Gasteiger charge is -2.09. The number of nitrogens with zero attached hydrogens (tertiary/aromatic N) is 3. The predicted molar refractivity (Wildman–Crippen MR) is 70.9 cm³/mol. The third-order valence-corrected chi connectivity index (χ3v) is 2.96. The standard InChI is InChI=1S/C13H14F2N4O2/c1-19-7-17-18-10(19)5-6-16-9-4-3-8(13(20)21-2)11(14)12(9)15/h3-4,7,16H,5-6H2,1-2H3. The van der Waals surface area contributed by atoms with Crippen molar-refractivity contribution < 1.29 is 18.3 Å². The highest BCUT2D eigenvalue weighted by molar-refractivity contribution is 5.90. The smallest absolute Gasteiger partial charge is 0.340 e. The number of benzene rings is 1. The van der Waals surface area contributed by atoms with Gasteiger partial charge in [-0.3, -0.25) is 0 Å². The third-order valence-electron chi connectivity index (χ3n) is 2.96. The first-order valence-electron chi connectivity index (χ1n) is 6.17. The average Bonchev–Trinajstić information content (AvgIpc) is 2.88. The van der Waals surface area contributed by atoms with Crippen LogP contribution in [0.1, 0.15) is 16.2 Å². The van der Waals surface area contributed by atoms with E-state index in [2.05, 4.69) is 20.3 Å². The number of carbonyl (C=O) groups excluding carboxylic acids is 1. The molecule has 0 fully saturated rings. The summed E-state index contributed by atoms with van der Waals surface area (Å²) >= 11 is 0. The largest absolute Gasteiger partial charge is 0.465 e. The van der Waals surface area contributed by atoms with Gasteiger partial charge in [0.1, 0.15) is 12.2 Å². The average molecular weight is 296 g/mol. The van der Waals surface area contributed by atoms with Crippen LogP contribution in [0, 0.1) is 11.6 Å². The van der Waals surface area contributed by atoms with Crippen LogP contribution in [0.3, 0.4) is 0 Å². The lowest BCUT2D eigenvalue weighted by atomic mass is 10.1. The second-order valence-corrected chi connectivity index (χ2v) is 4.32. The summed E-state index contributed by atoms with van der Waals surface area (Å²) in [6, 6.07) is 2.47. The van der Waals surface area contributed by atoms with Gasteiger partial charge >= 0.3 is 5.97 Å². The zero-order valence-corrected chi connectivity index (χ0v) is 11.6. The first-order valence-corrected chi connectivity index (χ1v) is 6.17. The fourth-order valence-electron chi connectivity index (χ4n) is 1.80. The number of ether oxygens (including phenoxy) is 1. The van der Waals surface area contributed by atoms with Gasteiger partial charge in [-0.25, -0.2) is 13.6 Å². The Bertz CT molecular complexity index is 658. The van der Waals surface area contributed by atoms with Crippen LogP contribution in [0.5, 0.6) is 0 Å². The molecule has 0 aliphatic rings. The maximum Gasteiger partial charge on any atom is 0.340 e. The monoisotopic (exact) mass is 296 g/mol. The van der Waals surface area contributed by atoms with E-state index >= 15 is 0 Å². The summed E-state index contributed by atoms with van der Waals surface area (Å²) in [5, 5.41) is 10.4. The molecule has 1 aromatic carbocycles. The van der Waals surface area contributed by atoms with Crippen molar-refractivity contribution in [2.75, 3.05) is 19.0 Å². The van der Waals surface area contributed by atoms with E-state index < -0.39 is 23.2 Å². The molecule has 1 aromatic heterocycles. The summed E-state index contributed by atoms with van der Waals surface area (Å²) in [6.45, 7) is 0.348. The van der Waals surface area contributed by atoms with Crippen LogP contribution in [0.25, 0.3) is 0 Å². The molecular weight excluding hydrogens is 282 g/mol. The summed E-state index contributed by atoms with van der Waals surface area (Å²) in [7, 11) is 2.90. The normalized spacial score (nSPS) is 10.5. The first kappa shape index (κ1) is 14.9. The Morgan fingerprint density at radius 1 is 1.38 bits per heavy atom. The van der Waals surface area contributed by atoms with E-state index in [0.717, 1.165) is 12.9 Å². The molecule has 0 unspecified atom stereocenters. The van der Waals surface area contributed by atoms with Crippen molar-refractivity contribution in [1.82, 2.24) is 14.8 Å². The van der Waals surface area contributed by atoms with Crippen molar-refractivity contribution in [1.29, 1.82) is 0 Å². The molecule has 2 rings (SSSR count). The van der Waals surface area contributed by atoms with Gasteiger partial charge in [-0.1, -0.05) is 0 Å². The highest BCUT2D eigenvalue weighted by Gasteiger charge is 2.18. The lowest BCUT2D eigenvalue weighted by Crippen LogP contribution is -2.12. The zero-order valence-electron chi connectivity index (χ0n) is 11.6. The minimum absolute atomic E-state index is 0.0256. The van der Waals surface area contributed by atoms with Crippen molar-refractivity contribution in [3.8, 4) is 0 Å².